The summed E-state index contributed by atoms with van der Waals surface area (Å²) in [5.74, 6) is -1.27. The van der Waals surface area contributed by atoms with Crippen LogP contribution in [0.1, 0.15) is 33.6 Å². The van der Waals surface area contributed by atoms with Crippen molar-refractivity contribution in [3.05, 3.63) is 23.8 Å². The van der Waals surface area contributed by atoms with Gasteiger partial charge in [0.1, 0.15) is 0 Å². The molecule has 0 heterocycles. The first-order valence-electron chi connectivity index (χ1n) is 4.98. The quantitative estimate of drug-likeness (QED) is 0.593. The lowest BCUT2D eigenvalue weighted by Gasteiger charge is -2.18. The van der Waals surface area contributed by atoms with Crippen LogP contribution in [0, 0.1) is 5.92 Å². The van der Waals surface area contributed by atoms with Crippen LogP contribution >= 0.6 is 0 Å². The first-order valence-corrected chi connectivity index (χ1v) is 4.98. The van der Waals surface area contributed by atoms with Crippen LogP contribution in [0.3, 0.4) is 0 Å². The van der Waals surface area contributed by atoms with Crippen LogP contribution in [0.25, 0.3) is 0 Å². The molecule has 0 saturated heterocycles. The zero-order chi connectivity index (χ0) is 11.2. The molecule has 0 aromatic rings. The molecule has 1 aliphatic rings. The molecule has 0 amide bonds. The molecule has 3 heteroatoms. The van der Waals surface area contributed by atoms with Gasteiger partial charge in [0.2, 0.25) is 0 Å². The topological polar surface area (TPSA) is 0 Å². The van der Waals surface area contributed by atoms with Gasteiger partial charge in [-0.3, -0.25) is 0 Å². The van der Waals surface area contributed by atoms with Gasteiger partial charge in [-0.15, -0.1) is 0 Å². The van der Waals surface area contributed by atoms with E-state index in [1.807, 2.05) is 20.8 Å². The fourth-order valence-corrected chi connectivity index (χ4v) is 1.17. The third kappa shape index (κ3) is 3.99. The first kappa shape index (κ1) is 13.3. The van der Waals surface area contributed by atoms with Gasteiger partial charge in [0.05, 0.1) is 5.92 Å². The highest BCUT2D eigenvalue weighted by Crippen LogP contribution is 2.33. The van der Waals surface area contributed by atoms with Crippen molar-refractivity contribution in [3.8, 4) is 0 Å². The highest BCUT2D eigenvalue weighted by Gasteiger charge is 2.37. The second-order valence-electron chi connectivity index (χ2n) is 2.88. The summed E-state index contributed by atoms with van der Waals surface area (Å²) in [4.78, 5) is 0. The number of hydrogen-bond donors (Lipinski definition) is 0. The first-order chi connectivity index (χ1) is 6.54. The molecular formula is C11H17F3. The second-order valence-corrected chi connectivity index (χ2v) is 2.88. The molecule has 1 aliphatic carbocycles. The third-order valence-electron chi connectivity index (χ3n) is 2.01. The van der Waals surface area contributed by atoms with Gasteiger partial charge in [0.25, 0.3) is 0 Å². The summed E-state index contributed by atoms with van der Waals surface area (Å²) in [6.07, 6.45) is 1.31. The van der Waals surface area contributed by atoms with Crippen LogP contribution in [0.4, 0.5) is 13.2 Å². The molecule has 82 valence electrons. The Morgan fingerprint density at radius 1 is 1.36 bits per heavy atom. The van der Waals surface area contributed by atoms with Crippen molar-refractivity contribution in [2.24, 2.45) is 5.92 Å². The average Bonchev–Trinajstić information content (AvgIpc) is 2.20. The Morgan fingerprint density at radius 3 is 2.21 bits per heavy atom. The molecule has 0 fully saturated rings. The smallest absolute Gasteiger partial charge is 0.170 e. The van der Waals surface area contributed by atoms with E-state index in [0.29, 0.717) is 0 Å². The molecule has 1 unspecified atom stereocenters. The minimum atomic E-state index is -4.08. The predicted octanol–water partition coefficient (Wildman–Crippen LogP) is 4.49. The normalized spacial score (nSPS) is 21.0. The summed E-state index contributed by atoms with van der Waals surface area (Å²) < 4.78 is 36.3. The lowest BCUT2D eigenvalue weighted by atomic mass is 9.95. The summed E-state index contributed by atoms with van der Waals surface area (Å²) in [6, 6.07) is 0. The van der Waals surface area contributed by atoms with E-state index in [1.165, 1.54) is 6.08 Å². The van der Waals surface area contributed by atoms with Gasteiger partial charge < -0.3 is 0 Å². The van der Waals surface area contributed by atoms with Gasteiger partial charge in [-0.25, -0.2) is 0 Å². The van der Waals surface area contributed by atoms with E-state index in [0.717, 1.165) is 12.0 Å². The zero-order valence-corrected chi connectivity index (χ0v) is 8.86. The van der Waals surface area contributed by atoms with Gasteiger partial charge in [0, 0.05) is 0 Å². The highest BCUT2D eigenvalue weighted by atomic mass is 19.4. The Balaban J connectivity index is 0.000000791. The monoisotopic (exact) mass is 206 g/mol. The Hall–Kier alpha value is -0.730. The van der Waals surface area contributed by atoms with E-state index < -0.39 is 12.1 Å². The van der Waals surface area contributed by atoms with E-state index in [2.05, 4.69) is 0 Å². The van der Waals surface area contributed by atoms with Crippen molar-refractivity contribution < 1.29 is 13.2 Å². The Morgan fingerprint density at radius 2 is 1.93 bits per heavy atom. The summed E-state index contributed by atoms with van der Waals surface area (Å²) in [5, 5.41) is 0. The lowest BCUT2D eigenvalue weighted by Crippen LogP contribution is -2.21. The molecule has 0 saturated carbocycles. The van der Waals surface area contributed by atoms with Crippen molar-refractivity contribution >= 4 is 0 Å². The van der Waals surface area contributed by atoms with Crippen molar-refractivity contribution in [2.75, 3.05) is 0 Å². The van der Waals surface area contributed by atoms with Crippen LogP contribution in [0.15, 0.2) is 23.8 Å². The Labute approximate surface area is 83.5 Å². The molecule has 14 heavy (non-hydrogen) atoms. The number of halogens is 3. The van der Waals surface area contributed by atoms with E-state index in [1.54, 1.807) is 12.2 Å². The molecule has 1 atom stereocenters. The van der Waals surface area contributed by atoms with E-state index in [9.17, 15) is 13.2 Å². The van der Waals surface area contributed by atoms with Crippen LogP contribution < -0.4 is 0 Å². The molecule has 0 radical (unpaired) electrons. The van der Waals surface area contributed by atoms with Gasteiger partial charge in [-0.05, 0) is 12.8 Å². The van der Waals surface area contributed by atoms with Crippen LogP contribution in [0.5, 0.6) is 0 Å². The highest BCUT2D eigenvalue weighted by molar-refractivity contribution is 5.23. The predicted molar refractivity (Wildman–Crippen MR) is 53.0 cm³/mol. The van der Waals surface area contributed by atoms with Crippen molar-refractivity contribution in [3.63, 3.8) is 0 Å². The summed E-state index contributed by atoms with van der Waals surface area (Å²) in [7, 11) is 0. The second kappa shape index (κ2) is 5.89. The molecule has 0 bridgehead atoms. The maximum Gasteiger partial charge on any atom is 0.395 e. The van der Waals surface area contributed by atoms with Crippen molar-refractivity contribution in [1.82, 2.24) is 0 Å². The molecule has 0 spiro atoms. The van der Waals surface area contributed by atoms with Gasteiger partial charge >= 0.3 is 6.18 Å². The standard InChI is InChI=1S/C9H11F3.C2H6/c1-2-7-3-5-8(6-4-7)9(10,11)12;1-2/h3-5,8H,2,6H2,1H3;1-2H3. The number of allylic oxidation sites excluding steroid dienone is 4. The average molecular weight is 206 g/mol. The molecule has 0 aromatic heterocycles. The number of hydrogen-bond acceptors (Lipinski definition) is 0. The maximum absolute atomic E-state index is 12.1. The fraction of sp³-hybridized carbons (Fsp3) is 0.636. The van der Waals surface area contributed by atoms with Gasteiger partial charge in [-0.1, -0.05) is 44.6 Å². The van der Waals surface area contributed by atoms with E-state index in [4.69, 9.17) is 0 Å². The Kier molecular flexibility index (Phi) is 5.58. The summed E-state index contributed by atoms with van der Waals surface area (Å²) >= 11 is 0. The molecule has 0 nitrogen and oxygen atoms in total. The van der Waals surface area contributed by atoms with Crippen LogP contribution in [-0.2, 0) is 0 Å². The molecule has 0 N–H and O–H groups in total. The van der Waals surface area contributed by atoms with Crippen molar-refractivity contribution in [2.45, 2.75) is 39.8 Å². The minimum absolute atomic E-state index is 0.100. The number of alkyl halides is 3. The van der Waals surface area contributed by atoms with Gasteiger partial charge in [0.15, 0.2) is 0 Å². The molecular weight excluding hydrogens is 189 g/mol. The largest absolute Gasteiger partial charge is 0.395 e. The Bertz CT molecular complexity index is 211. The maximum atomic E-state index is 12.1. The van der Waals surface area contributed by atoms with Crippen LogP contribution in [-0.4, -0.2) is 6.18 Å². The summed E-state index contributed by atoms with van der Waals surface area (Å²) in [6.45, 7) is 5.93. The zero-order valence-electron chi connectivity index (χ0n) is 8.86. The SMILES string of the molecule is CC.CCC1=CCC(C(F)(F)F)C=C1. The van der Waals surface area contributed by atoms with Gasteiger partial charge in [-0.2, -0.15) is 13.2 Å². The lowest BCUT2D eigenvalue weighted by molar-refractivity contribution is -0.160. The molecule has 0 aromatic carbocycles. The fourth-order valence-electron chi connectivity index (χ4n) is 1.17. The third-order valence-corrected chi connectivity index (χ3v) is 2.01. The van der Waals surface area contributed by atoms with Crippen molar-refractivity contribution in [1.29, 1.82) is 0 Å². The number of rotatable bonds is 1. The molecule has 1 rings (SSSR count). The molecule has 0 aliphatic heterocycles. The van der Waals surface area contributed by atoms with Crippen LogP contribution in [0.2, 0.25) is 0 Å². The summed E-state index contributed by atoms with van der Waals surface area (Å²) in [5.41, 5.74) is 0.996. The van der Waals surface area contributed by atoms with E-state index in [-0.39, 0.29) is 6.42 Å². The minimum Gasteiger partial charge on any atom is -0.170 e. The van der Waals surface area contributed by atoms with E-state index >= 15 is 0 Å².